The number of benzene rings is 2. The number of esters is 1. The largest absolute Gasteiger partial charge is 0.494 e. The fourth-order valence-electron chi connectivity index (χ4n) is 4.85. The summed E-state index contributed by atoms with van der Waals surface area (Å²) in [4.78, 5) is 47.0. The molecule has 0 unspecified atom stereocenters. The average molecular weight is 582 g/mol. The highest BCUT2D eigenvalue weighted by Crippen LogP contribution is 2.28. The zero-order chi connectivity index (χ0) is 29.4. The maximum atomic E-state index is 13.8. The Morgan fingerprint density at radius 2 is 1.66 bits per heavy atom. The zero-order valence-corrected chi connectivity index (χ0v) is 24.8. The van der Waals surface area contributed by atoms with Crippen LogP contribution in [0, 0.1) is 0 Å². The van der Waals surface area contributed by atoms with E-state index >= 15 is 0 Å². The zero-order valence-electron chi connectivity index (χ0n) is 24.0. The normalized spacial score (nSPS) is 18.1. The molecule has 1 N–H and O–H groups in total. The van der Waals surface area contributed by atoms with Gasteiger partial charge in [-0.15, -0.1) is 0 Å². The van der Waals surface area contributed by atoms with Crippen LogP contribution in [-0.2, 0) is 14.3 Å². The summed E-state index contributed by atoms with van der Waals surface area (Å²) in [6, 6.07) is 13.0. The van der Waals surface area contributed by atoms with E-state index in [-0.39, 0.29) is 24.8 Å². The molecule has 2 saturated heterocycles. The van der Waals surface area contributed by atoms with Crippen molar-refractivity contribution < 1.29 is 23.9 Å². The van der Waals surface area contributed by atoms with Crippen LogP contribution in [0.5, 0.6) is 5.75 Å². The van der Waals surface area contributed by atoms with Gasteiger partial charge < -0.3 is 24.6 Å². The highest BCUT2D eigenvalue weighted by Gasteiger charge is 2.44. The summed E-state index contributed by atoms with van der Waals surface area (Å²) in [7, 11) is 2.11. The quantitative estimate of drug-likeness (QED) is 0.300. The summed E-state index contributed by atoms with van der Waals surface area (Å²) in [6.07, 6.45) is 0.862. The molecule has 0 spiro atoms. The smallest absolute Gasteiger partial charge is 0.338 e. The molecule has 4 rings (SSSR count). The molecule has 220 valence electrons. The SMILES string of the molecule is CCCOc1ccc(NC(=O)C[C@H]2C(=O)N(c3ccc(C(=O)OCC)cc3)C(=S)N2CCN2CCN(C)CC2)cc1. The van der Waals surface area contributed by atoms with Gasteiger partial charge in [-0.25, -0.2) is 4.79 Å². The number of anilines is 2. The summed E-state index contributed by atoms with van der Waals surface area (Å²) in [5.41, 5.74) is 1.56. The number of ether oxygens (including phenoxy) is 2. The molecule has 10 nitrogen and oxygen atoms in total. The minimum atomic E-state index is -0.744. The number of hydrogen-bond donors (Lipinski definition) is 1. The van der Waals surface area contributed by atoms with Crippen LogP contribution >= 0.6 is 12.2 Å². The summed E-state index contributed by atoms with van der Waals surface area (Å²) in [5.74, 6) is -0.239. The molecular formula is C30H39N5O5S. The van der Waals surface area contributed by atoms with Gasteiger partial charge in [-0.3, -0.25) is 19.4 Å². The van der Waals surface area contributed by atoms with E-state index < -0.39 is 12.0 Å². The number of nitrogens with zero attached hydrogens (tertiary/aromatic N) is 4. The predicted molar refractivity (Wildman–Crippen MR) is 162 cm³/mol. The maximum absolute atomic E-state index is 13.8. The molecule has 2 aliphatic rings. The van der Waals surface area contributed by atoms with E-state index in [4.69, 9.17) is 21.7 Å². The molecule has 2 aromatic carbocycles. The summed E-state index contributed by atoms with van der Waals surface area (Å²) in [6.45, 7) is 9.78. The topological polar surface area (TPSA) is 94.7 Å². The van der Waals surface area contributed by atoms with E-state index in [2.05, 4.69) is 22.2 Å². The van der Waals surface area contributed by atoms with Gasteiger partial charge in [0.1, 0.15) is 11.8 Å². The van der Waals surface area contributed by atoms with E-state index in [9.17, 15) is 14.4 Å². The van der Waals surface area contributed by atoms with Crippen molar-refractivity contribution in [3.8, 4) is 5.75 Å². The van der Waals surface area contributed by atoms with Crippen molar-refractivity contribution in [1.29, 1.82) is 0 Å². The highest BCUT2D eigenvalue weighted by atomic mass is 32.1. The van der Waals surface area contributed by atoms with Crippen LogP contribution in [0.25, 0.3) is 0 Å². The summed E-state index contributed by atoms with van der Waals surface area (Å²) >= 11 is 5.81. The van der Waals surface area contributed by atoms with Gasteiger partial charge in [-0.2, -0.15) is 0 Å². The number of piperazine rings is 1. The van der Waals surface area contributed by atoms with E-state index in [1.807, 2.05) is 24.0 Å². The molecule has 41 heavy (non-hydrogen) atoms. The molecule has 1 atom stereocenters. The second-order valence-electron chi connectivity index (χ2n) is 10.2. The van der Waals surface area contributed by atoms with E-state index in [1.165, 1.54) is 4.90 Å². The number of likely N-dealkylation sites (N-methyl/N-ethyl adjacent to an activating group) is 1. The monoisotopic (exact) mass is 581 g/mol. The fourth-order valence-corrected chi connectivity index (χ4v) is 5.26. The van der Waals surface area contributed by atoms with Crippen molar-refractivity contribution in [3.63, 3.8) is 0 Å². The number of carbonyl (C=O) groups is 3. The van der Waals surface area contributed by atoms with Gasteiger partial charge >= 0.3 is 5.97 Å². The Labute approximate surface area is 247 Å². The molecule has 0 aliphatic carbocycles. The molecule has 0 aromatic heterocycles. The van der Waals surface area contributed by atoms with Gasteiger partial charge in [-0.1, -0.05) is 6.92 Å². The van der Waals surface area contributed by atoms with Crippen molar-refractivity contribution in [2.75, 3.05) is 69.7 Å². The first-order chi connectivity index (χ1) is 19.8. The third-order valence-electron chi connectivity index (χ3n) is 7.20. The minimum absolute atomic E-state index is 0.0484. The number of thiocarbonyl (C=S) groups is 1. The molecule has 2 heterocycles. The Morgan fingerprint density at radius 1 is 0.976 bits per heavy atom. The van der Waals surface area contributed by atoms with Gasteiger partial charge in [0, 0.05) is 45.0 Å². The number of hydrogen-bond acceptors (Lipinski definition) is 8. The molecule has 0 radical (unpaired) electrons. The highest BCUT2D eigenvalue weighted by molar-refractivity contribution is 7.80. The van der Waals surface area contributed by atoms with Gasteiger partial charge in [-0.05, 0) is 81.1 Å². The lowest BCUT2D eigenvalue weighted by Crippen LogP contribution is -2.48. The lowest BCUT2D eigenvalue weighted by Gasteiger charge is -2.34. The molecule has 2 aromatic rings. The molecule has 0 bridgehead atoms. The van der Waals surface area contributed by atoms with Crippen molar-refractivity contribution in [2.45, 2.75) is 32.7 Å². The molecule has 2 amide bonds. The molecule has 2 fully saturated rings. The fraction of sp³-hybridized carbons (Fsp3) is 0.467. The van der Waals surface area contributed by atoms with Crippen molar-refractivity contribution >= 4 is 46.5 Å². The van der Waals surface area contributed by atoms with Gasteiger partial charge in [0.15, 0.2) is 5.11 Å². The van der Waals surface area contributed by atoms with Crippen LogP contribution in [0.3, 0.4) is 0 Å². The van der Waals surface area contributed by atoms with Gasteiger partial charge in [0.25, 0.3) is 5.91 Å². The van der Waals surface area contributed by atoms with E-state index in [1.54, 1.807) is 43.3 Å². The summed E-state index contributed by atoms with van der Waals surface area (Å²) < 4.78 is 10.7. The number of amides is 2. The second-order valence-corrected chi connectivity index (χ2v) is 10.6. The van der Waals surface area contributed by atoms with Crippen LogP contribution in [0.2, 0.25) is 0 Å². The van der Waals surface area contributed by atoms with E-state index in [0.717, 1.165) is 44.9 Å². The lowest BCUT2D eigenvalue weighted by atomic mass is 10.1. The Morgan fingerprint density at radius 3 is 2.29 bits per heavy atom. The Bertz CT molecular complexity index is 1210. The Kier molecular flexibility index (Phi) is 10.7. The van der Waals surface area contributed by atoms with Crippen molar-refractivity contribution in [3.05, 3.63) is 54.1 Å². The van der Waals surface area contributed by atoms with Crippen LogP contribution in [-0.4, -0.2) is 103 Å². The van der Waals surface area contributed by atoms with Crippen LogP contribution in [0.1, 0.15) is 37.0 Å². The third-order valence-corrected chi connectivity index (χ3v) is 7.62. The first kappa shape index (κ1) is 30.4. The van der Waals surface area contributed by atoms with Gasteiger partial charge in [0.2, 0.25) is 5.91 Å². The molecular weight excluding hydrogens is 542 g/mol. The predicted octanol–water partition coefficient (Wildman–Crippen LogP) is 3.23. The van der Waals surface area contributed by atoms with Gasteiger partial charge in [0.05, 0.1) is 30.9 Å². The number of rotatable bonds is 12. The average Bonchev–Trinajstić information content (AvgIpc) is 3.20. The lowest BCUT2D eigenvalue weighted by molar-refractivity contribution is -0.124. The van der Waals surface area contributed by atoms with Crippen molar-refractivity contribution in [1.82, 2.24) is 14.7 Å². The standard InChI is InChI=1S/C30H39N5O5S/c1-4-20-40-25-12-8-23(9-13-25)31-27(36)21-26-28(37)35(24-10-6-22(7-11-24)29(38)39-5-2)30(41)34(26)19-18-33-16-14-32(3)15-17-33/h6-13,26H,4-5,14-21H2,1-3H3,(H,31,36)/t26-/m0/s1. The van der Waals surface area contributed by atoms with Crippen LogP contribution in [0.15, 0.2) is 48.5 Å². The minimum Gasteiger partial charge on any atom is -0.494 e. The number of carbonyl (C=O) groups excluding carboxylic acids is 3. The molecule has 2 aliphatic heterocycles. The first-order valence-corrected chi connectivity index (χ1v) is 14.6. The Hall–Kier alpha value is -3.54. The third kappa shape index (κ3) is 7.81. The van der Waals surface area contributed by atoms with Crippen LogP contribution < -0.4 is 15.0 Å². The van der Waals surface area contributed by atoms with E-state index in [0.29, 0.717) is 35.2 Å². The second kappa shape index (κ2) is 14.4. The Balaban J connectivity index is 1.48. The summed E-state index contributed by atoms with van der Waals surface area (Å²) in [5, 5.41) is 3.25. The number of nitrogens with one attached hydrogen (secondary N) is 1. The molecule has 0 saturated carbocycles. The van der Waals surface area contributed by atoms with Crippen LogP contribution in [0.4, 0.5) is 11.4 Å². The molecule has 11 heteroatoms. The first-order valence-electron chi connectivity index (χ1n) is 14.2. The van der Waals surface area contributed by atoms with Crippen molar-refractivity contribution in [2.24, 2.45) is 0 Å². The maximum Gasteiger partial charge on any atom is 0.338 e.